The molecule has 156 valence electrons. The van der Waals surface area contributed by atoms with Crippen LogP contribution in [0.3, 0.4) is 0 Å². The standard InChI is InChI=1S/C22H22ClN3O3S/c1-29-19-9-8-16(23)15-20(19)30(27,28)25-13-10-22(11-14-25)21-7-4-12-26(21)18-6-3-2-5-17(18)24-22/h2-9,12,15,24H,10-11,13-14H2,1H3. The fourth-order valence-electron chi connectivity index (χ4n) is 4.57. The fraction of sp³-hybridized carbons (Fsp3) is 0.273. The minimum absolute atomic E-state index is 0.110. The molecular formula is C22H22ClN3O3S. The van der Waals surface area contributed by atoms with E-state index in [1.165, 1.54) is 23.2 Å². The van der Waals surface area contributed by atoms with E-state index in [-0.39, 0.29) is 10.4 Å². The molecule has 2 aliphatic heterocycles. The Morgan fingerprint density at radius 1 is 1.07 bits per heavy atom. The van der Waals surface area contributed by atoms with E-state index in [1.54, 1.807) is 12.1 Å². The second-order valence-corrected chi connectivity index (χ2v) is 10.0. The number of methoxy groups -OCH3 is 1. The summed E-state index contributed by atoms with van der Waals surface area (Å²) >= 11 is 6.08. The molecule has 1 saturated heterocycles. The molecule has 0 unspecified atom stereocenters. The number of fused-ring (bicyclic) bond motifs is 4. The lowest BCUT2D eigenvalue weighted by atomic mass is 9.83. The van der Waals surface area contributed by atoms with Gasteiger partial charge in [-0.2, -0.15) is 4.31 Å². The lowest BCUT2D eigenvalue weighted by molar-refractivity contribution is 0.247. The number of piperidine rings is 1. The number of anilines is 1. The molecule has 2 aliphatic rings. The molecule has 0 amide bonds. The van der Waals surface area contributed by atoms with Crippen molar-refractivity contribution in [1.82, 2.24) is 8.87 Å². The molecule has 0 radical (unpaired) electrons. The predicted molar refractivity (Wildman–Crippen MR) is 117 cm³/mol. The number of nitrogens with one attached hydrogen (secondary N) is 1. The number of benzene rings is 2. The van der Waals surface area contributed by atoms with Gasteiger partial charge in [0.1, 0.15) is 10.6 Å². The van der Waals surface area contributed by atoms with Crippen LogP contribution in [0.25, 0.3) is 5.69 Å². The van der Waals surface area contributed by atoms with E-state index in [9.17, 15) is 8.42 Å². The average molecular weight is 444 g/mol. The molecule has 3 heterocycles. The van der Waals surface area contributed by atoms with E-state index < -0.39 is 10.0 Å². The summed E-state index contributed by atoms with van der Waals surface area (Å²) < 4.78 is 35.7. The Kier molecular flexibility index (Phi) is 4.57. The quantitative estimate of drug-likeness (QED) is 0.657. The number of rotatable bonds is 3. The van der Waals surface area contributed by atoms with Gasteiger partial charge in [-0.3, -0.25) is 0 Å². The van der Waals surface area contributed by atoms with Crippen molar-refractivity contribution in [3.63, 3.8) is 0 Å². The van der Waals surface area contributed by atoms with Crippen LogP contribution >= 0.6 is 11.6 Å². The van der Waals surface area contributed by atoms with E-state index in [1.807, 2.05) is 18.2 Å². The highest BCUT2D eigenvalue weighted by Gasteiger charge is 2.44. The molecule has 30 heavy (non-hydrogen) atoms. The number of aromatic nitrogens is 1. The summed E-state index contributed by atoms with van der Waals surface area (Å²) in [7, 11) is -2.25. The third-order valence-corrected chi connectivity index (χ3v) is 8.25. The van der Waals surface area contributed by atoms with Crippen molar-refractivity contribution in [3.8, 4) is 11.4 Å². The largest absolute Gasteiger partial charge is 0.495 e. The summed E-state index contributed by atoms with van der Waals surface area (Å²) in [5.74, 6) is 0.304. The Balaban J connectivity index is 1.46. The topological polar surface area (TPSA) is 63.6 Å². The first-order valence-electron chi connectivity index (χ1n) is 9.84. The highest BCUT2D eigenvalue weighted by Crippen LogP contribution is 2.44. The van der Waals surface area contributed by atoms with Gasteiger partial charge in [-0.05, 0) is 55.3 Å². The van der Waals surface area contributed by atoms with Crippen LogP contribution in [-0.4, -0.2) is 37.5 Å². The van der Waals surface area contributed by atoms with Gasteiger partial charge in [0.05, 0.1) is 24.0 Å². The van der Waals surface area contributed by atoms with Gasteiger partial charge in [0.25, 0.3) is 0 Å². The van der Waals surface area contributed by atoms with Crippen molar-refractivity contribution in [2.75, 3.05) is 25.5 Å². The number of nitrogens with zero attached hydrogens (tertiary/aromatic N) is 2. The first-order chi connectivity index (χ1) is 14.4. The van der Waals surface area contributed by atoms with Crippen LogP contribution in [0.1, 0.15) is 18.5 Å². The molecule has 0 saturated carbocycles. The van der Waals surface area contributed by atoms with Crippen molar-refractivity contribution in [1.29, 1.82) is 0 Å². The molecule has 2 aromatic carbocycles. The van der Waals surface area contributed by atoms with Gasteiger partial charge in [-0.15, -0.1) is 0 Å². The van der Waals surface area contributed by atoms with Crippen LogP contribution in [-0.2, 0) is 15.6 Å². The smallest absolute Gasteiger partial charge is 0.246 e. The summed E-state index contributed by atoms with van der Waals surface area (Å²) in [6, 6.07) is 17.0. The molecule has 8 heteroatoms. The Hall–Kier alpha value is -2.48. The van der Waals surface area contributed by atoms with Crippen LogP contribution in [0.2, 0.25) is 5.02 Å². The molecular weight excluding hydrogens is 422 g/mol. The molecule has 1 fully saturated rings. The second-order valence-electron chi connectivity index (χ2n) is 7.69. The zero-order valence-corrected chi connectivity index (χ0v) is 18.1. The van der Waals surface area contributed by atoms with E-state index in [0.29, 0.717) is 36.7 Å². The number of para-hydroxylation sites is 2. The van der Waals surface area contributed by atoms with Crippen molar-refractivity contribution in [2.45, 2.75) is 23.3 Å². The van der Waals surface area contributed by atoms with Gasteiger partial charge in [-0.25, -0.2) is 8.42 Å². The Labute approximate surface area is 181 Å². The first-order valence-corrected chi connectivity index (χ1v) is 11.7. The number of halogens is 1. The van der Waals surface area contributed by atoms with Crippen LogP contribution in [0.15, 0.2) is 65.7 Å². The fourth-order valence-corrected chi connectivity index (χ4v) is 6.43. The molecule has 0 bridgehead atoms. The van der Waals surface area contributed by atoms with Crippen molar-refractivity contribution in [3.05, 3.63) is 71.5 Å². The van der Waals surface area contributed by atoms with Crippen molar-refractivity contribution in [2.24, 2.45) is 0 Å². The highest BCUT2D eigenvalue weighted by molar-refractivity contribution is 7.89. The average Bonchev–Trinajstić information content (AvgIpc) is 3.26. The normalized spacial score (nSPS) is 17.8. The number of sulfonamides is 1. The zero-order chi connectivity index (χ0) is 20.9. The number of ether oxygens (including phenoxy) is 1. The predicted octanol–water partition coefficient (Wildman–Crippen LogP) is 4.24. The van der Waals surface area contributed by atoms with Crippen molar-refractivity contribution >= 4 is 27.3 Å². The zero-order valence-electron chi connectivity index (χ0n) is 16.5. The monoisotopic (exact) mass is 443 g/mol. The van der Waals surface area contributed by atoms with Crippen LogP contribution in [0, 0.1) is 0 Å². The summed E-state index contributed by atoms with van der Waals surface area (Å²) in [4.78, 5) is 0.110. The van der Waals surface area contributed by atoms with Gasteiger partial charge < -0.3 is 14.6 Å². The summed E-state index contributed by atoms with van der Waals surface area (Å²) in [5.41, 5.74) is 3.04. The van der Waals surface area contributed by atoms with Crippen LogP contribution in [0.5, 0.6) is 5.75 Å². The van der Waals surface area contributed by atoms with Gasteiger partial charge >= 0.3 is 0 Å². The van der Waals surface area contributed by atoms with Gasteiger partial charge in [0.15, 0.2) is 0 Å². The molecule has 1 N–H and O–H groups in total. The van der Waals surface area contributed by atoms with Gasteiger partial charge in [-0.1, -0.05) is 23.7 Å². The molecule has 6 nitrogen and oxygen atoms in total. The van der Waals surface area contributed by atoms with E-state index in [0.717, 1.165) is 11.4 Å². The third kappa shape index (κ3) is 2.92. The van der Waals surface area contributed by atoms with Gasteiger partial charge in [0.2, 0.25) is 10.0 Å². The maximum atomic E-state index is 13.3. The van der Waals surface area contributed by atoms with Crippen LogP contribution in [0.4, 0.5) is 5.69 Å². The van der Waals surface area contributed by atoms with Gasteiger partial charge in [0, 0.05) is 30.0 Å². The molecule has 3 aromatic rings. The molecule has 1 spiro atoms. The SMILES string of the molecule is COc1ccc(Cl)cc1S(=O)(=O)N1CCC2(CC1)Nc1ccccc1-n1cccc12. The molecule has 0 aliphatic carbocycles. The molecule has 1 aromatic heterocycles. The summed E-state index contributed by atoms with van der Waals surface area (Å²) in [6.07, 6.45) is 3.39. The Bertz CT molecular complexity index is 1210. The summed E-state index contributed by atoms with van der Waals surface area (Å²) in [6.45, 7) is 0.802. The lowest BCUT2D eigenvalue weighted by Gasteiger charge is -2.45. The minimum Gasteiger partial charge on any atom is -0.495 e. The Morgan fingerprint density at radius 3 is 2.60 bits per heavy atom. The molecule has 5 rings (SSSR count). The third-order valence-electron chi connectivity index (χ3n) is 6.10. The van der Waals surface area contributed by atoms with E-state index in [2.05, 4.69) is 34.3 Å². The maximum absolute atomic E-state index is 13.3. The van der Waals surface area contributed by atoms with E-state index >= 15 is 0 Å². The van der Waals surface area contributed by atoms with E-state index in [4.69, 9.17) is 16.3 Å². The van der Waals surface area contributed by atoms with Crippen LogP contribution < -0.4 is 10.1 Å². The minimum atomic E-state index is -3.72. The van der Waals surface area contributed by atoms with Crippen molar-refractivity contribution < 1.29 is 13.2 Å². The maximum Gasteiger partial charge on any atom is 0.246 e. The highest BCUT2D eigenvalue weighted by atomic mass is 35.5. The second kappa shape index (κ2) is 7.04. The number of hydrogen-bond donors (Lipinski definition) is 1. The first kappa shape index (κ1) is 19.5. The summed E-state index contributed by atoms with van der Waals surface area (Å²) in [5, 5.41) is 4.08. The Morgan fingerprint density at radius 2 is 1.83 bits per heavy atom. The lowest BCUT2D eigenvalue weighted by Crippen LogP contribution is -2.51. The number of hydrogen-bond acceptors (Lipinski definition) is 4. The molecule has 0 atom stereocenters.